The summed E-state index contributed by atoms with van der Waals surface area (Å²) < 4.78 is 0. The number of anilines is 1. The fourth-order valence-corrected chi connectivity index (χ4v) is 4.26. The molecule has 3 aliphatic rings. The van der Waals surface area contributed by atoms with Crippen LogP contribution in [0, 0.1) is 12.3 Å². The van der Waals surface area contributed by atoms with Gasteiger partial charge in [0.05, 0.1) is 0 Å². The third kappa shape index (κ3) is 3.37. The highest BCUT2D eigenvalue weighted by molar-refractivity contribution is 5.90. The highest BCUT2D eigenvalue weighted by Crippen LogP contribution is 2.43. The van der Waals surface area contributed by atoms with Crippen molar-refractivity contribution in [2.45, 2.75) is 51.5 Å². The van der Waals surface area contributed by atoms with Crippen LogP contribution in [0.15, 0.2) is 24.3 Å². The van der Waals surface area contributed by atoms with E-state index in [9.17, 15) is 9.59 Å². The predicted molar refractivity (Wildman–Crippen MR) is 97.4 cm³/mol. The number of likely N-dealkylation sites (tertiary alicyclic amines) is 2. The number of hydrogen-bond donors (Lipinski definition) is 1. The van der Waals surface area contributed by atoms with Crippen LogP contribution in [0.1, 0.15) is 44.1 Å². The van der Waals surface area contributed by atoms with E-state index in [4.69, 9.17) is 0 Å². The summed E-state index contributed by atoms with van der Waals surface area (Å²) in [5.74, 6) is 0.341. The molecule has 1 aromatic carbocycles. The molecule has 1 aliphatic carbocycles. The van der Waals surface area contributed by atoms with Gasteiger partial charge in [0.25, 0.3) is 0 Å². The number of piperidine rings is 2. The quantitative estimate of drug-likeness (QED) is 0.896. The van der Waals surface area contributed by atoms with Gasteiger partial charge in [-0.1, -0.05) is 18.2 Å². The zero-order valence-electron chi connectivity index (χ0n) is 15.0. The van der Waals surface area contributed by atoms with Crippen molar-refractivity contribution in [2.24, 2.45) is 5.41 Å². The lowest BCUT2D eigenvalue weighted by atomic mass is 9.72. The number of nitrogens with zero attached hydrogens (tertiary/aromatic N) is 2. The minimum absolute atomic E-state index is 0.00455. The number of carbonyl (C=O) groups excluding carboxylic acids is 2. The van der Waals surface area contributed by atoms with Crippen molar-refractivity contribution in [1.29, 1.82) is 0 Å². The molecular weight excluding hydrogens is 314 g/mol. The first kappa shape index (κ1) is 16.4. The topological polar surface area (TPSA) is 52.7 Å². The Morgan fingerprint density at radius 2 is 1.88 bits per heavy atom. The van der Waals surface area contributed by atoms with Crippen molar-refractivity contribution in [1.82, 2.24) is 9.80 Å². The van der Waals surface area contributed by atoms with Crippen LogP contribution in [0.2, 0.25) is 0 Å². The predicted octanol–water partition coefficient (Wildman–Crippen LogP) is 3.39. The highest BCUT2D eigenvalue weighted by atomic mass is 16.2. The summed E-state index contributed by atoms with van der Waals surface area (Å²) in [6.45, 7) is 4.48. The molecular formula is C20H27N3O2. The van der Waals surface area contributed by atoms with Crippen LogP contribution in [0.25, 0.3) is 0 Å². The molecule has 3 amide bonds. The summed E-state index contributed by atoms with van der Waals surface area (Å²) in [6, 6.07) is 8.37. The third-order valence-corrected chi connectivity index (χ3v) is 6.18. The van der Waals surface area contributed by atoms with E-state index in [1.165, 1.54) is 12.8 Å². The SMILES string of the molecule is Cc1ccccc1NC(=O)N1CCC2(CCC(=O)N(C3CC3)C2)CC1. The molecule has 1 saturated carbocycles. The average molecular weight is 341 g/mol. The molecule has 0 radical (unpaired) electrons. The second-order valence-corrected chi connectivity index (χ2v) is 7.98. The monoisotopic (exact) mass is 341 g/mol. The second-order valence-electron chi connectivity index (χ2n) is 7.98. The van der Waals surface area contributed by atoms with Crippen LogP contribution in [0.5, 0.6) is 0 Å². The Hall–Kier alpha value is -2.04. The largest absolute Gasteiger partial charge is 0.339 e. The molecule has 1 aromatic rings. The number of aryl methyl sites for hydroxylation is 1. The van der Waals surface area contributed by atoms with E-state index >= 15 is 0 Å². The van der Waals surface area contributed by atoms with Crippen LogP contribution in [0.3, 0.4) is 0 Å². The maximum atomic E-state index is 12.6. The zero-order chi connectivity index (χ0) is 17.4. The zero-order valence-corrected chi connectivity index (χ0v) is 15.0. The van der Waals surface area contributed by atoms with Crippen molar-refractivity contribution in [3.05, 3.63) is 29.8 Å². The molecule has 0 atom stereocenters. The van der Waals surface area contributed by atoms with E-state index in [1.807, 2.05) is 36.1 Å². The van der Waals surface area contributed by atoms with Crippen molar-refractivity contribution in [2.75, 3.05) is 25.0 Å². The van der Waals surface area contributed by atoms with Crippen molar-refractivity contribution < 1.29 is 9.59 Å². The molecule has 0 bridgehead atoms. The molecule has 4 rings (SSSR count). The molecule has 134 valence electrons. The van der Waals surface area contributed by atoms with Gasteiger partial charge in [-0.05, 0) is 56.1 Å². The van der Waals surface area contributed by atoms with Crippen LogP contribution in [-0.4, -0.2) is 47.4 Å². The Labute approximate surface area is 149 Å². The van der Waals surface area contributed by atoms with Crippen molar-refractivity contribution in [3.8, 4) is 0 Å². The van der Waals surface area contributed by atoms with Crippen LogP contribution < -0.4 is 5.32 Å². The Bertz CT molecular complexity index is 675. The maximum absolute atomic E-state index is 12.6. The molecule has 5 heteroatoms. The lowest BCUT2D eigenvalue weighted by molar-refractivity contribution is -0.139. The molecule has 0 unspecified atom stereocenters. The lowest BCUT2D eigenvalue weighted by Gasteiger charge is -2.47. The average Bonchev–Trinajstić information content (AvgIpc) is 3.45. The third-order valence-electron chi connectivity index (χ3n) is 6.18. The summed E-state index contributed by atoms with van der Waals surface area (Å²) in [4.78, 5) is 28.8. The van der Waals surface area contributed by atoms with Crippen LogP contribution >= 0.6 is 0 Å². The van der Waals surface area contributed by atoms with Crippen molar-refractivity contribution >= 4 is 17.6 Å². The normalized spacial score (nSPS) is 23.0. The number of benzene rings is 1. The number of para-hydroxylation sites is 1. The molecule has 5 nitrogen and oxygen atoms in total. The van der Waals surface area contributed by atoms with Gasteiger partial charge < -0.3 is 15.1 Å². The standard InChI is InChI=1S/C20H27N3O2/c1-15-4-2-3-5-17(15)21-19(25)22-12-10-20(11-13-22)9-8-18(24)23(14-20)16-6-7-16/h2-5,16H,6-14H2,1H3,(H,21,25). The minimum Gasteiger partial charge on any atom is -0.339 e. The van der Waals surface area contributed by atoms with Crippen LogP contribution in [-0.2, 0) is 4.79 Å². The molecule has 2 saturated heterocycles. The van der Waals surface area contributed by atoms with Gasteiger partial charge in [-0.25, -0.2) is 4.79 Å². The van der Waals surface area contributed by atoms with E-state index in [0.717, 1.165) is 50.1 Å². The Kier molecular flexibility index (Phi) is 4.18. The number of hydrogen-bond acceptors (Lipinski definition) is 2. The molecule has 3 fully saturated rings. The first-order valence-corrected chi connectivity index (χ1v) is 9.47. The van der Waals surface area contributed by atoms with E-state index < -0.39 is 0 Å². The number of nitrogens with one attached hydrogen (secondary N) is 1. The second kappa shape index (κ2) is 6.36. The van der Waals surface area contributed by atoms with Gasteiger partial charge in [-0.2, -0.15) is 0 Å². The fraction of sp³-hybridized carbons (Fsp3) is 0.600. The number of amides is 3. The summed E-state index contributed by atoms with van der Waals surface area (Å²) in [5, 5.41) is 3.04. The van der Waals surface area contributed by atoms with Gasteiger partial charge in [0, 0.05) is 37.8 Å². The van der Waals surface area contributed by atoms with Gasteiger partial charge in [0.1, 0.15) is 0 Å². The van der Waals surface area contributed by atoms with Crippen molar-refractivity contribution in [3.63, 3.8) is 0 Å². The Morgan fingerprint density at radius 1 is 1.16 bits per heavy atom. The Morgan fingerprint density at radius 3 is 2.56 bits per heavy atom. The van der Waals surface area contributed by atoms with Gasteiger partial charge >= 0.3 is 6.03 Å². The van der Waals surface area contributed by atoms with E-state index in [0.29, 0.717) is 18.4 Å². The first-order valence-electron chi connectivity index (χ1n) is 9.47. The summed E-state index contributed by atoms with van der Waals surface area (Å²) in [7, 11) is 0. The minimum atomic E-state index is -0.00455. The number of urea groups is 1. The molecule has 2 heterocycles. The summed E-state index contributed by atoms with van der Waals surface area (Å²) in [6.07, 6.45) is 6.03. The molecule has 1 N–H and O–H groups in total. The van der Waals surface area contributed by atoms with Gasteiger partial charge in [0.15, 0.2) is 0 Å². The molecule has 25 heavy (non-hydrogen) atoms. The Balaban J connectivity index is 1.35. The van der Waals surface area contributed by atoms with E-state index in [1.54, 1.807) is 0 Å². The molecule has 2 aliphatic heterocycles. The van der Waals surface area contributed by atoms with E-state index in [2.05, 4.69) is 10.2 Å². The highest BCUT2D eigenvalue weighted by Gasteiger charge is 2.45. The molecule has 1 spiro atoms. The number of rotatable bonds is 2. The summed E-state index contributed by atoms with van der Waals surface area (Å²) >= 11 is 0. The maximum Gasteiger partial charge on any atom is 0.321 e. The lowest BCUT2D eigenvalue weighted by Crippen LogP contribution is -2.53. The summed E-state index contributed by atoms with van der Waals surface area (Å²) in [5.41, 5.74) is 2.20. The fourth-order valence-electron chi connectivity index (χ4n) is 4.26. The smallest absolute Gasteiger partial charge is 0.321 e. The van der Waals surface area contributed by atoms with Gasteiger partial charge in [-0.15, -0.1) is 0 Å². The van der Waals surface area contributed by atoms with Crippen LogP contribution in [0.4, 0.5) is 10.5 Å². The van der Waals surface area contributed by atoms with Gasteiger partial charge in [0.2, 0.25) is 5.91 Å². The first-order chi connectivity index (χ1) is 12.1. The van der Waals surface area contributed by atoms with E-state index in [-0.39, 0.29) is 11.4 Å². The molecule has 0 aromatic heterocycles. The number of carbonyl (C=O) groups is 2. The van der Waals surface area contributed by atoms with Gasteiger partial charge in [-0.3, -0.25) is 4.79 Å².